The quantitative estimate of drug-likeness (QED) is 0.256. The fraction of sp³-hybridized carbons (Fsp3) is 0.0357. The zero-order valence-electron chi connectivity index (χ0n) is 20.7. The Morgan fingerprint density at radius 1 is 0.750 bits per heavy atom. The molecule has 0 unspecified atom stereocenters. The van der Waals surface area contributed by atoms with Crippen LogP contribution < -0.4 is 5.43 Å². The highest BCUT2D eigenvalue weighted by Gasteiger charge is 2.27. The minimum atomic E-state index is -4.51. The molecule has 2 aliphatic rings. The van der Waals surface area contributed by atoms with Gasteiger partial charge in [-0.1, -0.05) is 30.3 Å². The van der Waals surface area contributed by atoms with Crippen LogP contribution in [0.1, 0.15) is 31.8 Å². The third-order valence-corrected chi connectivity index (χ3v) is 6.24. The van der Waals surface area contributed by atoms with E-state index in [0.717, 1.165) is 18.2 Å². The predicted octanol–water partition coefficient (Wildman–Crippen LogP) is 3.61. The second-order valence-corrected chi connectivity index (χ2v) is 9.56. The average Bonchev–Trinajstić information content (AvgIpc) is 3.23. The van der Waals surface area contributed by atoms with Crippen molar-refractivity contribution in [3.8, 4) is 23.0 Å². The van der Waals surface area contributed by atoms with E-state index in [2.05, 4.69) is 10.5 Å². The number of benzene rings is 3. The van der Waals surface area contributed by atoms with Crippen molar-refractivity contribution in [2.75, 3.05) is 0 Å². The van der Waals surface area contributed by atoms with Crippen LogP contribution in [-0.4, -0.2) is 51.2 Å². The molecule has 1 aliphatic heterocycles. The van der Waals surface area contributed by atoms with E-state index in [-0.39, 0.29) is 34.1 Å². The first-order valence-electron chi connectivity index (χ1n) is 11.5. The maximum absolute atomic E-state index is 11.5. The Kier molecular flexibility index (Phi) is 9.57. The second kappa shape index (κ2) is 13.0. The SMILES string of the molecule is C1=CC=NNC=C1.O=C1C=CC(=O)c2c1cccc2S(=O)(=O)O.Oc1ccc(Cc2ccc(O)cc2O)c(O)c1. The minimum Gasteiger partial charge on any atom is -0.508 e. The normalized spacial score (nSPS) is 13.2. The maximum atomic E-state index is 11.5. The van der Waals surface area contributed by atoms with Gasteiger partial charge < -0.3 is 20.4 Å². The molecule has 3 aromatic rings. The Hall–Kier alpha value is -5.20. The monoisotopic (exact) mass is 564 g/mol. The van der Waals surface area contributed by atoms with Crippen molar-refractivity contribution in [2.24, 2.45) is 5.10 Å². The van der Waals surface area contributed by atoms with Crippen molar-refractivity contribution in [2.45, 2.75) is 11.3 Å². The van der Waals surface area contributed by atoms with Crippen LogP contribution >= 0.6 is 0 Å². The van der Waals surface area contributed by atoms with Gasteiger partial charge in [-0.3, -0.25) is 19.6 Å². The Balaban J connectivity index is 0.000000179. The Labute approximate surface area is 229 Å². The van der Waals surface area contributed by atoms with Crippen LogP contribution in [0.3, 0.4) is 0 Å². The molecule has 0 amide bonds. The molecule has 6 N–H and O–H groups in total. The summed E-state index contributed by atoms with van der Waals surface area (Å²) >= 11 is 0. The number of hydrogen-bond donors (Lipinski definition) is 6. The van der Waals surface area contributed by atoms with E-state index in [4.69, 9.17) is 14.8 Å². The van der Waals surface area contributed by atoms with Crippen LogP contribution in [0.25, 0.3) is 0 Å². The lowest BCUT2D eigenvalue weighted by Crippen LogP contribution is -2.16. The summed E-state index contributed by atoms with van der Waals surface area (Å²) < 4.78 is 31.0. The third-order valence-electron chi connectivity index (χ3n) is 5.35. The van der Waals surface area contributed by atoms with Crippen molar-refractivity contribution < 1.29 is 43.0 Å². The van der Waals surface area contributed by atoms with Crippen LogP contribution in [0.15, 0.2) is 101 Å². The molecule has 206 valence electrons. The molecule has 1 heterocycles. The van der Waals surface area contributed by atoms with Gasteiger partial charge in [-0.2, -0.15) is 13.5 Å². The maximum Gasteiger partial charge on any atom is 0.295 e. The predicted molar refractivity (Wildman–Crippen MR) is 146 cm³/mol. The molecule has 0 spiro atoms. The number of nitrogens with zero attached hydrogens (tertiary/aromatic N) is 1. The van der Waals surface area contributed by atoms with Crippen LogP contribution in [-0.2, 0) is 16.5 Å². The molecule has 0 saturated heterocycles. The minimum absolute atomic E-state index is 0.0115. The van der Waals surface area contributed by atoms with Gasteiger partial charge in [-0.25, -0.2) is 0 Å². The van der Waals surface area contributed by atoms with Gasteiger partial charge in [0.1, 0.15) is 27.9 Å². The molecule has 0 saturated carbocycles. The smallest absolute Gasteiger partial charge is 0.295 e. The molecule has 0 aromatic heterocycles. The second-order valence-electron chi connectivity index (χ2n) is 8.17. The Bertz CT molecular complexity index is 1590. The number of rotatable bonds is 3. The van der Waals surface area contributed by atoms with Gasteiger partial charge in [0, 0.05) is 36.5 Å². The molecule has 0 atom stereocenters. The molecular weight excluding hydrogens is 540 g/mol. The summed E-state index contributed by atoms with van der Waals surface area (Å²) in [5.41, 5.74) is 3.57. The van der Waals surface area contributed by atoms with Crippen molar-refractivity contribution in [1.82, 2.24) is 5.43 Å². The number of allylic oxidation sites excluding steroid dienone is 5. The van der Waals surface area contributed by atoms with Crippen LogP contribution in [0.5, 0.6) is 23.0 Å². The number of hydrazone groups is 1. The number of phenols is 4. The van der Waals surface area contributed by atoms with E-state index < -0.39 is 26.6 Å². The first-order chi connectivity index (χ1) is 19.0. The van der Waals surface area contributed by atoms with Gasteiger partial charge in [0.05, 0.1) is 5.56 Å². The van der Waals surface area contributed by atoms with Crippen molar-refractivity contribution in [3.63, 3.8) is 0 Å². The molecule has 3 aromatic carbocycles. The van der Waals surface area contributed by atoms with Gasteiger partial charge >= 0.3 is 0 Å². The highest BCUT2D eigenvalue weighted by Crippen LogP contribution is 2.29. The highest BCUT2D eigenvalue weighted by molar-refractivity contribution is 7.86. The summed E-state index contributed by atoms with van der Waals surface area (Å²) in [4.78, 5) is 22.3. The fourth-order valence-corrected chi connectivity index (χ4v) is 4.20. The molecule has 0 fully saturated rings. The van der Waals surface area contributed by atoms with Gasteiger partial charge in [-0.05, 0) is 53.6 Å². The molecule has 12 heteroatoms. The third kappa shape index (κ3) is 7.90. The summed E-state index contributed by atoms with van der Waals surface area (Å²) in [5.74, 6) is -1.15. The summed E-state index contributed by atoms with van der Waals surface area (Å²) in [5, 5.41) is 41.2. The number of carbonyl (C=O) groups excluding carboxylic acids is 2. The standard InChI is InChI=1S/C13H12O4.C10H6O5S.C5H6N2/c14-10-3-1-8(12(16)6-10)5-9-2-4-11(15)7-13(9)17;11-7-4-5-8(12)10-6(7)2-1-3-9(10)16(13,14)15;1-2-4-6-7-5-3-1/h1-4,6-7,14-17H,5H2;1-5H,(H,13,14,15);1-6H. The molecular formula is C28H24N2O9S. The van der Waals surface area contributed by atoms with E-state index in [0.29, 0.717) is 17.5 Å². The number of hydrogen-bond acceptors (Lipinski definition) is 10. The lowest BCUT2D eigenvalue weighted by Gasteiger charge is -2.11. The first kappa shape index (κ1) is 29.4. The molecule has 11 nitrogen and oxygen atoms in total. The van der Waals surface area contributed by atoms with Crippen molar-refractivity contribution in [3.05, 3.63) is 113 Å². The number of aromatic hydroxyl groups is 4. The zero-order valence-corrected chi connectivity index (χ0v) is 21.5. The van der Waals surface area contributed by atoms with Gasteiger partial charge in [0.25, 0.3) is 10.1 Å². The van der Waals surface area contributed by atoms with Gasteiger partial charge in [0.2, 0.25) is 0 Å². The topological polar surface area (TPSA) is 194 Å². The highest BCUT2D eigenvalue weighted by atomic mass is 32.2. The van der Waals surface area contributed by atoms with Gasteiger partial charge in [-0.15, -0.1) is 0 Å². The van der Waals surface area contributed by atoms with E-state index in [1.165, 1.54) is 36.4 Å². The number of carbonyl (C=O) groups is 2. The summed E-state index contributed by atoms with van der Waals surface area (Å²) in [6.45, 7) is 0. The van der Waals surface area contributed by atoms with E-state index in [1.54, 1.807) is 24.5 Å². The Morgan fingerprint density at radius 3 is 1.93 bits per heavy atom. The average molecular weight is 565 g/mol. The van der Waals surface area contributed by atoms with Crippen LogP contribution in [0.2, 0.25) is 0 Å². The van der Waals surface area contributed by atoms with Gasteiger partial charge in [0.15, 0.2) is 11.6 Å². The van der Waals surface area contributed by atoms with E-state index in [1.807, 2.05) is 18.2 Å². The fourth-order valence-electron chi connectivity index (χ4n) is 3.48. The summed E-state index contributed by atoms with van der Waals surface area (Å²) in [6, 6.07) is 12.3. The molecule has 40 heavy (non-hydrogen) atoms. The number of nitrogens with one attached hydrogen (secondary N) is 1. The summed E-state index contributed by atoms with van der Waals surface area (Å²) in [7, 11) is -4.51. The summed E-state index contributed by atoms with van der Waals surface area (Å²) in [6.07, 6.45) is 11.5. The lowest BCUT2D eigenvalue weighted by molar-refractivity contribution is 0.0991. The molecule has 5 rings (SSSR count). The largest absolute Gasteiger partial charge is 0.508 e. The van der Waals surface area contributed by atoms with Crippen molar-refractivity contribution in [1.29, 1.82) is 0 Å². The van der Waals surface area contributed by atoms with Crippen molar-refractivity contribution >= 4 is 27.9 Å². The van der Waals surface area contributed by atoms with E-state index in [9.17, 15) is 28.2 Å². The Morgan fingerprint density at radius 2 is 1.35 bits per heavy atom. The van der Waals surface area contributed by atoms with Crippen LogP contribution in [0.4, 0.5) is 0 Å². The first-order valence-corrected chi connectivity index (χ1v) is 12.9. The zero-order chi connectivity index (χ0) is 29.3. The molecule has 0 bridgehead atoms. The number of ketones is 2. The molecule has 0 radical (unpaired) electrons. The lowest BCUT2D eigenvalue weighted by atomic mass is 9.95. The number of phenolic OH excluding ortho intramolecular Hbond substituents is 4. The molecule has 1 aliphatic carbocycles. The van der Waals surface area contributed by atoms with Crippen LogP contribution in [0, 0.1) is 0 Å². The van der Waals surface area contributed by atoms with E-state index >= 15 is 0 Å². The number of fused-ring (bicyclic) bond motifs is 1.